The predicted molar refractivity (Wildman–Crippen MR) is 117 cm³/mol. The summed E-state index contributed by atoms with van der Waals surface area (Å²) < 4.78 is 5.47. The van der Waals surface area contributed by atoms with Crippen molar-refractivity contribution in [3.05, 3.63) is 62.0 Å². The number of aromatic amines is 1. The van der Waals surface area contributed by atoms with E-state index in [1.807, 2.05) is 12.1 Å². The van der Waals surface area contributed by atoms with Gasteiger partial charge in [0, 0.05) is 16.5 Å². The van der Waals surface area contributed by atoms with Crippen LogP contribution in [0.15, 0.2) is 45.5 Å². The fourth-order valence-corrected chi connectivity index (χ4v) is 4.08. The monoisotopic (exact) mass is 433 g/mol. The number of allylic oxidation sites excluding steroid dienone is 1. The van der Waals surface area contributed by atoms with Crippen molar-refractivity contribution in [3.63, 3.8) is 0 Å². The number of benzene rings is 1. The summed E-state index contributed by atoms with van der Waals surface area (Å²) in [6.07, 6.45) is 0.690. The Kier molecular flexibility index (Phi) is 6.70. The number of hydrogen-bond acceptors (Lipinski definition) is 6. The zero-order valence-corrected chi connectivity index (χ0v) is 18.4. The molecule has 1 atom stereocenters. The number of nitrogens with one attached hydrogen (secondary N) is 2. The van der Waals surface area contributed by atoms with Crippen molar-refractivity contribution in [2.75, 3.05) is 11.1 Å². The molecule has 0 unspecified atom stereocenters. The molecule has 154 valence electrons. The number of carbonyl (C=O) groups excluding carboxylic acids is 1. The lowest BCUT2D eigenvalue weighted by molar-refractivity contribution is -0.143. The van der Waals surface area contributed by atoms with Crippen LogP contribution in [0.2, 0.25) is 5.02 Å². The van der Waals surface area contributed by atoms with Crippen LogP contribution < -0.4 is 10.9 Å². The predicted octanol–water partition coefficient (Wildman–Crippen LogP) is 4.71. The highest BCUT2D eigenvalue weighted by Crippen LogP contribution is 2.40. The summed E-state index contributed by atoms with van der Waals surface area (Å²) in [5.41, 5.74) is 1.91. The number of H-pyrrole nitrogens is 1. The lowest BCUT2D eigenvalue weighted by Gasteiger charge is -2.29. The van der Waals surface area contributed by atoms with Crippen molar-refractivity contribution in [3.8, 4) is 0 Å². The molecule has 0 amide bonds. The molecule has 29 heavy (non-hydrogen) atoms. The molecule has 0 saturated heterocycles. The maximum Gasteiger partial charge on any atom is 0.337 e. The van der Waals surface area contributed by atoms with Gasteiger partial charge in [-0.05, 0) is 44.9 Å². The molecule has 2 N–H and O–H groups in total. The first-order valence-corrected chi connectivity index (χ1v) is 10.9. The fourth-order valence-electron chi connectivity index (χ4n) is 3.23. The third kappa shape index (κ3) is 4.67. The van der Waals surface area contributed by atoms with Crippen molar-refractivity contribution in [1.82, 2.24) is 9.97 Å². The molecule has 1 aliphatic rings. The average Bonchev–Trinajstić information content (AvgIpc) is 2.65. The van der Waals surface area contributed by atoms with Gasteiger partial charge in [0.05, 0.1) is 23.2 Å². The van der Waals surface area contributed by atoms with Gasteiger partial charge in [-0.3, -0.25) is 4.79 Å². The summed E-state index contributed by atoms with van der Waals surface area (Å²) in [7, 11) is 0. The second-order valence-corrected chi connectivity index (χ2v) is 8.60. The number of halogens is 1. The van der Waals surface area contributed by atoms with Crippen LogP contribution in [-0.4, -0.2) is 27.8 Å². The van der Waals surface area contributed by atoms with Gasteiger partial charge in [-0.25, -0.2) is 9.78 Å². The molecule has 0 spiro atoms. The van der Waals surface area contributed by atoms with Crippen LogP contribution >= 0.6 is 23.4 Å². The van der Waals surface area contributed by atoms with E-state index < -0.39 is 11.9 Å². The summed E-state index contributed by atoms with van der Waals surface area (Å²) in [5, 5.41) is 4.27. The molecule has 1 aromatic heterocycles. The maximum atomic E-state index is 13.0. The van der Waals surface area contributed by atoms with E-state index in [4.69, 9.17) is 16.3 Å². The topological polar surface area (TPSA) is 84.1 Å². The number of ether oxygens (including phenoxy) is 1. The van der Waals surface area contributed by atoms with E-state index in [1.54, 1.807) is 32.9 Å². The number of esters is 1. The van der Waals surface area contributed by atoms with E-state index in [0.717, 1.165) is 17.7 Å². The minimum atomic E-state index is -0.601. The zero-order valence-electron chi connectivity index (χ0n) is 16.8. The SMILES string of the molecule is CCCSc1nc2c(c(=O)[nH]1)[C@@H](c1ccc(Cl)cc1)C(C(=O)OC(C)C)=C(C)N2. The Balaban J connectivity index is 2.17. The smallest absolute Gasteiger partial charge is 0.337 e. The molecular weight excluding hydrogens is 410 g/mol. The van der Waals surface area contributed by atoms with Gasteiger partial charge in [0.15, 0.2) is 5.16 Å². The summed E-state index contributed by atoms with van der Waals surface area (Å²) in [4.78, 5) is 33.4. The summed E-state index contributed by atoms with van der Waals surface area (Å²) in [5.74, 6) is 0.255. The Bertz CT molecular complexity index is 999. The van der Waals surface area contributed by atoms with E-state index >= 15 is 0 Å². The molecule has 8 heteroatoms. The Morgan fingerprint density at radius 1 is 1.31 bits per heavy atom. The molecular formula is C21H24ClN3O3S. The molecule has 3 rings (SSSR count). The Hall–Kier alpha value is -2.25. The number of fused-ring (bicyclic) bond motifs is 1. The van der Waals surface area contributed by atoms with Crippen molar-refractivity contribution in [2.45, 2.75) is 51.3 Å². The number of carbonyl (C=O) groups is 1. The van der Waals surface area contributed by atoms with Gasteiger partial charge in [-0.2, -0.15) is 0 Å². The molecule has 2 heterocycles. The second-order valence-electron chi connectivity index (χ2n) is 7.08. The van der Waals surface area contributed by atoms with Crippen molar-refractivity contribution < 1.29 is 9.53 Å². The number of hydrogen-bond donors (Lipinski definition) is 2. The van der Waals surface area contributed by atoms with Crippen molar-refractivity contribution in [1.29, 1.82) is 0 Å². The molecule has 0 bridgehead atoms. The fraction of sp³-hybridized carbons (Fsp3) is 0.381. The van der Waals surface area contributed by atoms with E-state index in [9.17, 15) is 9.59 Å². The number of nitrogens with zero attached hydrogens (tertiary/aromatic N) is 1. The van der Waals surface area contributed by atoms with Crippen LogP contribution in [0.4, 0.5) is 5.82 Å². The first kappa shape index (κ1) is 21.5. The van der Waals surface area contributed by atoms with Gasteiger partial charge in [0.2, 0.25) is 0 Å². The highest BCUT2D eigenvalue weighted by molar-refractivity contribution is 7.99. The van der Waals surface area contributed by atoms with Gasteiger partial charge < -0.3 is 15.0 Å². The highest BCUT2D eigenvalue weighted by Gasteiger charge is 2.36. The molecule has 2 aromatic rings. The van der Waals surface area contributed by atoms with Crippen LogP contribution in [0.5, 0.6) is 0 Å². The molecule has 1 aliphatic heterocycles. The Morgan fingerprint density at radius 3 is 2.62 bits per heavy atom. The first-order chi connectivity index (χ1) is 13.8. The van der Waals surface area contributed by atoms with Gasteiger partial charge in [-0.15, -0.1) is 0 Å². The van der Waals surface area contributed by atoms with Crippen LogP contribution in [0.3, 0.4) is 0 Å². The summed E-state index contributed by atoms with van der Waals surface area (Å²) in [6.45, 7) is 7.45. The Labute approximate surface area is 179 Å². The van der Waals surface area contributed by atoms with Crippen molar-refractivity contribution in [2.24, 2.45) is 0 Å². The molecule has 6 nitrogen and oxygen atoms in total. The van der Waals surface area contributed by atoms with Gasteiger partial charge in [-0.1, -0.05) is 42.4 Å². The first-order valence-electron chi connectivity index (χ1n) is 9.53. The van der Waals surface area contributed by atoms with Crippen LogP contribution in [-0.2, 0) is 9.53 Å². The van der Waals surface area contributed by atoms with Crippen LogP contribution in [0, 0.1) is 0 Å². The van der Waals surface area contributed by atoms with E-state index in [0.29, 0.717) is 32.8 Å². The summed E-state index contributed by atoms with van der Waals surface area (Å²) in [6, 6.07) is 7.12. The highest BCUT2D eigenvalue weighted by atomic mass is 35.5. The van der Waals surface area contributed by atoms with E-state index in [2.05, 4.69) is 22.2 Å². The lowest BCUT2D eigenvalue weighted by Crippen LogP contribution is -2.31. The molecule has 1 aromatic carbocycles. The summed E-state index contributed by atoms with van der Waals surface area (Å²) >= 11 is 7.54. The normalized spacial score (nSPS) is 15.9. The Morgan fingerprint density at radius 2 is 2.00 bits per heavy atom. The molecule has 0 saturated carbocycles. The quantitative estimate of drug-likeness (QED) is 0.390. The number of aromatic nitrogens is 2. The minimum Gasteiger partial charge on any atom is -0.460 e. The maximum absolute atomic E-state index is 13.0. The molecule has 0 radical (unpaired) electrons. The van der Waals surface area contributed by atoms with E-state index in [-0.39, 0.29) is 11.7 Å². The number of thioether (sulfide) groups is 1. The second kappa shape index (κ2) is 9.05. The van der Waals surface area contributed by atoms with Gasteiger partial charge in [0.1, 0.15) is 5.82 Å². The lowest BCUT2D eigenvalue weighted by atomic mass is 9.82. The third-order valence-electron chi connectivity index (χ3n) is 4.43. The standard InChI is InChI=1S/C21H24ClN3O3S/c1-5-10-29-21-24-18-17(19(26)25-21)16(13-6-8-14(22)9-7-13)15(12(4)23-18)20(27)28-11(2)3/h6-9,11,16H,5,10H2,1-4H3,(H2,23,24,25,26)/t16-/m0/s1. The van der Waals surface area contributed by atoms with E-state index in [1.165, 1.54) is 11.8 Å². The van der Waals surface area contributed by atoms with Crippen molar-refractivity contribution >= 4 is 35.1 Å². The minimum absolute atomic E-state index is 0.275. The van der Waals surface area contributed by atoms with Crippen LogP contribution in [0.25, 0.3) is 0 Å². The number of rotatable bonds is 6. The molecule has 0 fully saturated rings. The zero-order chi connectivity index (χ0) is 21.1. The molecule has 0 aliphatic carbocycles. The van der Waals surface area contributed by atoms with Crippen LogP contribution in [0.1, 0.15) is 51.2 Å². The van der Waals surface area contributed by atoms with Gasteiger partial charge in [0.25, 0.3) is 5.56 Å². The largest absolute Gasteiger partial charge is 0.460 e. The number of anilines is 1. The average molecular weight is 434 g/mol. The third-order valence-corrected chi connectivity index (χ3v) is 5.76. The van der Waals surface area contributed by atoms with Gasteiger partial charge >= 0.3 is 5.97 Å².